The van der Waals surface area contributed by atoms with E-state index in [2.05, 4.69) is 34.9 Å². The zero-order valence-electron chi connectivity index (χ0n) is 20.4. The van der Waals surface area contributed by atoms with Gasteiger partial charge in [-0.1, -0.05) is 0 Å². The van der Waals surface area contributed by atoms with Crippen molar-refractivity contribution in [3.8, 4) is 0 Å². The topological polar surface area (TPSA) is 91.4 Å². The van der Waals surface area contributed by atoms with Crippen molar-refractivity contribution in [1.82, 2.24) is 15.3 Å². The molecule has 8 nitrogen and oxygen atoms in total. The number of carbonyl (C=O) groups excluding carboxylic acids is 1. The molecule has 1 fully saturated rings. The van der Waals surface area contributed by atoms with Crippen molar-refractivity contribution in [3.63, 3.8) is 0 Å². The lowest BCUT2D eigenvalue weighted by Crippen LogP contribution is -2.42. The molecule has 0 aliphatic heterocycles. The Hall–Kier alpha value is -2.46. The lowest BCUT2D eigenvalue weighted by molar-refractivity contribution is 0.0607. The summed E-state index contributed by atoms with van der Waals surface area (Å²) in [5, 5.41) is 12.7. The van der Waals surface area contributed by atoms with Gasteiger partial charge in [0.25, 0.3) is 0 Å². The average Bonchev–Trinajstić information content (AvgIpc) is 3.19. The number of aryl methyl sites for hydroxylation is 2. The lowest BCUT2D eigenvalue weighted by Gasteiger charge is -2.31. The Labute approximate surface area is 210 Å². The molecule has 4 rings (SSSR count). The molecule has 2 aliphatic rings. The SMILES string of the molecule is COC(=O)c1scc(C)c1NC(=S)N[C@H]1CC[C@@H](Nc2nc3c(c(N(C)C)n2)CCCC3)CC1. The first kappa shape index (κ1) is 24.7. The minimum Gasteiger partial charge on any atom is -0.465 e. The van der Waals surface area contributed by atoms with E-state index in [9.17, 15) is 4.79 Å². The molecule has 0 saturated heterocycles. The summed E-state index contributed by atoms with van der Waals surface area (Å²) in [4.78, 5) is 24.4. The molecular formula is C24H34N6O2S2. The number of hydrogen-bond donors (Lipinski definition) is 3. The molecule has 34 heavy (non-hydrogen) atoms. The summed E-state index contributed by atoms with van der Waals surface area (Å²) in [7, 11) is 5.50. The third kappa shape index (κ3) is 5.60. The number of anilines is 3. The Kier molecular flexibility index (Phi) is 7.88. The van der Waals surface area contributed by atoms with Crippen LogP contribution in [0.1, 0.15) is 65.0 Å². The third-order valence-corrected chi connectivity index (χ3v) is 7.86. The summed E-state index contributed by atoms with van der Waals surface area (Å²) in [6.07, 6.45) is 8.55. The lowest BCUT2D eigenvalue weighted by atomic mass is 9.91. The molecule has 0 spiro atoms. The van der Waals surface area contributed by atoms with Crippen LogP contribution in [-0.4, -0.2) is 54.3 Å². The first-order valence-corrected chi connectivity index (χ1v) is 13.2. The number of fused-ring (bicyclic) bond motifs is 1. The zero-order valence-corrected chi connectivity index (χ0v) is 22.0. The van der Waals surface area contributed by atoms with E-state index in [1.54, 1.807) is 0 Å². The Morgan fingerprint density at radius 2 is 1.85 bits per heavy atom. The number of esters is 1. The third-order valence-electron chi connectivity index (χ3n) is 6.56. The molecule has 0 aromatic carbocycles. The minimum atomic E-state index is -0.350. The van der Waals surface area contributed by atoms with Crippen LogP contribution < -0.4 is 20.9 Å². The second-order valence-electron chi connectivity index (χ2n) is 9.30. The van der Waals surface area contributed by atoms with Crippen LogP contribution in [0, 0.1) is 6.92 Å². The highest BCUT2D eigenvalue weighted by atomic mass is 32.1. The molecule has 0 bridgehead atoms. The van der Waals surface area contributed by atoms with Gasteiger partial charge in [0.2, 0.25) is 5.95 Å². The van der Waals surface area contributed by atoms with Crippen molar-refractivity contribution in [2.75, 3.05) is 36.7 Å². The van der Waals surface area contributed by atoms with Gasteiger partial charge in [0.1, 0.15) is 10.7 Å². The van der Waals surface area contributed by atoms with E-state index in [-0.39, 0.29) is 5.97 Å². The van der Waals surface area contributed by atoms with Gasteiger partial charge in [-0.25, -0.2) is 9.78 Å². The molecule has 0 radical (unpaired) electrons. The molecule has 10 heteroatoms. The number of nitrogens with zero attached hydrogens (tertiary/aromatic N) is 3. The van der Waals surface area contributed by atoms with Gasteiger partial charge < -0.3 is 25.6 Å². The molecule has 2 aromatic heterocycles. The molecule has 2 heterocycles. The van der Waals surface area contributed by atoms with Crippen LogP contribution in [0.3, 0.4) is 0 Å². The first-order chi connectivity index (χ1) is 16.4. The smallest absolute Gasteiger partial charge is 0.350 e. The number of aromatic nitrogens is 2. The largest absolute Gasteiger partial charge is 0.465 e. The zero-order chi connectivity index (χ0) is 24.2. The van der Waals surface area contributed by atoms with Crippen LogP contribution in [0.15, 0.2) is 5.38 Å². The van der Waals surface area contributed by atoms with Gasteiger partial charge in [-0.2, -0.15) is 4.98 Å². The normalized spacial score (nSPS) is 19.6. The average molecular weight is 503 g/mol. The van der Waals surface area contributed by atoms with E-state index in [4.69, 9.17) is 26.9 Å². The van der Waals surface area contributed by atoms with Gasteiger partial charge in [-0.05, 0) is 81.5 Å². The Balaban J connectivity index is 1.31. The summed E-state index contributed by atoms with van der Waals surface area (Å²) in [6, 6.07) is 0.640. The Morgan fingerprint density at radius 3 is 2.56 bits per heavy atom. The maximum atomic E-state index is 12.0. The number of methoxy groups -OCH3 is 1. The highest BCUT2D eigenvalue weighted by Crippen LogP contribution is 2.30. The van der Waals surface area contributed by atoms with Gasteiger partial charge in [0, 0.05) is 31.7 Å². The minimum absolute atomic E-state index is 0.292. The van der Waals surface area contributed by atoms with Gasteiger partial charge >= 0.3 is 5.97 Å². The number of thiocarbonyl (C=S) groups is 1. The molecular weight excluding hydrogens is 468 g/mol. The van der Waals surface area contributed by atoms with Crippen molar-refractivity contribution < 1.29 is 9.53 Å². The number of carbonyl (C=O) groups is 1. The second kappa shape index (κ2) is 10.9. The van der Waals surface area contributed by atoms with Gasteiger partial charge in [0.05, 0.1) is 18.5 Å². The number of ether oxygens (including phenoxy) is 1. The second-order valence-corrected chi connectivity index (χ2v) is 10.6. The number of rotatable bonds is 6. The number of nitrogens with one attached hydrogen (secondary N) is 3. The van der Waals surface area contributed by atoms with Gasteiger partial charge in [-0.3, -0.25) is 0 Å². The van der Waals surface area contributed by atoms with Gasteiger partial charge in [0.15, 0.2) is 5.11 Å². The Morgan fingerprint density at radius 1 is 1.15 bits per heavy atom. The monoisotopic (exact) mass is 502 g/mol. The fourth-order valence-corrected chi connectivity index (χ4v) is 5.94. The molecule has 184 valence electrons. The predicted molar refractivity (Wildman–Crippen MR) is 142 cm³/mol. The molecule has 2 aliphatic carbocycles. The van der Waals surface area contributed by atoms with Crippen molar-refractivity contribution in [2.24, 2.45) is 0 Å². The number of hydrogen-bond acceptors (Lipinski definition) is 8. The van der Waals surface area contributed by atoms with E-state index in [0.717, 1.165) is 61.5 Å². The maximum Gasteiger partial charge on any atom is 0.350 e. The van der Waals surface area contributed by atoms with Crippen LogP contribution >= 0.6 is 23.6 Å². The Bertz CT molecular complexity index is 1050. The van der Waals surface area contributed by atoms with E-state index in [1.807, 2.05) is 12.3 Å². The van der Waals surface area contributed by atoms with Crippen LogP contribution in [-0.2, 0) is 17.6 Å². The summed E-state index contributed by atoms with van der Waals surface area (Å²) in [5.41, 5.74) is 4.22. The summed E-state index contributed by atoms with van der Waals surface area (Å²) < 4.78 is 4.88. The van der Waals surface area contributed by atoms with Crippen LogP contribution in [0.2, 0.25) is 0 Å². The highest BCUT2D eigenvalue weighted by molar-refractivity contribution is 7.80. The summed E-state index contributed by atoms with van der Waals surface area (Å²) in [6.45, 7) is 1.95. The quantitative estimate of drug-likeness (QED) is 0.395. The van der Waals surface area contributed by atoms with E-state index >= 15 is 0 Å². The van der Waals surface area contributed by atoms with Crippen molar-refractivity contribution in [2.45, 2.75) is 70.4 Å². The molecule has 0 atom stereocenters. The van der Waals surface area contributed by atoms with Crippen molar-refractivity contribution in [1.29, 1.82) is 0 Å². The first-order valence-electron chi connectivity index (χ1n) is 11.9. The van der Waals surface area contributed by atoms with Gasteiger partial charge in [-0.15, -0.1) is 11.3 Å². The van der Waals surface area contributed by atoms with Crippen LogP contribution in [0.5, 0.6) is 0 Å². The van der Waals surface area contributed by atoms with Crippen LogP contribution in [0.25, 0.3) is 0 Å². The van der Waals surface area contributed by atoms with E-state index < -0.39 is 0 Å². The standard InChI is InChI=1S/C24H34N6O2S2/c1-14-13-34-20(22(31)32-4)19(14)28-24(33)26-16-11-9-15(10-12-16)25-23-27-18-8-6-5-7-17(18)21(29-23)30(2)3/h13,15-16H,5-12H2,1-4H3,(H,25,27,29)(H2,26,28,33)/t15-,16+. The molecule has 2 aromatic rings. The molecule has 0 amide bonds. The molecule has 0 unspecified atom stereocenters. The van der Waals surface area contributed by atoms with E-state index in [1.165, 1.54) is 42.5 Å². The fourth-order valence-electron chi connectivity index (χ4n) is 4.75. The molecule has 3 N–H and O–H groups in total. The predicted octanol–water partition coefficient (Wildman–Crippen LogP) is 4.29. The fraction of sp³-hybridized carbons (Fsp3) is 0.583. The van der Waals surface area contributed by atoms with Crippen molar-refractivity contribution in [3.05, 3.63) is 27.1 Å². The maximum absolute atomic E-state index is 12.0. The van der Waals surface area contributed by atoms with E-state index in [0.29, 0.717) is 22.1 Å². The highest BCUT2D eigenvalue weighted by Gasteiger charge is 2.25. The van der Waals surface area contributed by atoms with Crippen molar-refractivity contribution >= 4 is 52.1 Å². The number of thiophene rings is 1. The summed E-state index contributed by atoms with van der Waals surface area (Å²) >= 11 is 6.91. The summed E-state index contributed by atoms with van der Waals surface area (Å²) in [5.74, 6) is 1.45. The molecule has 1 saturated carbocycles. The van der Waals surface area contributed by atoms with Crippen LogP contribution in [0.4, 0.5) is 17.5 Å².